The van der Waals surface area contributed by atoms with E-state index < -0.39 is 12.2 Å². The molecule has 45 heavy (non-hydrogen) atoms. The maximum atomic E-state index is 10.3. The van der Waals surface area contributed by atoms with Gasteiger partial charge in [0.2, 0.25) is 0 Å². The molecule has 8 nitrogen and oxygen atoms in total. The highest BCUT2D eigenvalue weighted by Crippen LogP contribution is 2.23. The molecule has 0 radical (unpaired) electrons. The fraction of sp³-hybridized carbons (Fsp3) is 0.378. The molecule has 0 spiro atoms. The lowest BCUT2D eigenvalue weighted by Gasteiger charge is -2.28. The Morgan fingerprint density at radius 3 is 2.22 bits per heavy atom. The Balaban J connectivity index is 0.000000268. The smallest absolute Gasteiger partial charge is 0.137 e. The number of aromatic amines is 1. The molecular weight excluding hydrogens is 564 g/mol. The minimum Gasteiger partial charge on any atom is -0.491 e. The summed E-state index contributed by atoms with van der Waals surface area (Å²) < 4.78 is 11.2. The molecule has 0 bridgehead atoms. The molecule has 0 aliphatic rings. The first-order valence-corrected chi connectivity index (χ1v) is 15.4. The van der Waals surface area contributed by atoms with Crippen LogP contribution in [0.15, 0.2) is 91.6 Å². The number of fused-ring (bicyclic) bond motifs is 1. The van der Waals surface area contributed by atoms with Crippen molar-refractivity contribution in [1.29, 1.82) is 5.26 Å². The summed E-state index contributed by atoms with van der Waals surface area (Å²) in [7, 11) is 0. The van der Waals surface area contributed by atoms with Crippen molar-refractivity contribution >= 4 is 10.9 Å². The third kappa shape index (κ3) is 12.1. The molecule has 1 heterocycles. The van der Waals surface area contributed by atoms with E-state index in [9.17, 15) is 10.2 Å². The summed E-state index contributed by atoms with van der Waals surface area (Å²) in [4.78, 5) is 3.30. The average molecular weight is 613 g/mol. The zero-order valence-corrected chi connectivity index (χ0v) is 26.9. The van der Waals surface area contributed by atoms with Crippen molar-refractivity contribution in [2.45, 2.75) is 64.3 Å². The van der Waals surface area contributed by atoms with E-state index in [1.807, 2.05) is 68.6 Å². The largest absolute Gasteiger partial charge is 0.491 e. The highest BCUT2D eigenvalue weighted by Gasteiger charge is 2.21. The molecule has 0 saturated carbocycles. The molecule has 2 atom stereocenters. The Hall–Kier alpha value is -4.13. The number of aliphatic hydroxyl groups is 2. The van der Waals surface area contributed by atoms with Crippen molar-refractivity contribution in [2.75, 3.05) is 26.3 Å². The van der Waals surface area contributed by atoms with Crippen LogP contribution in [0.2, 0.25) is 0 Å². The number of nitriles is 1. The van der Waals surface area contributed by atoms with E-state index in [-0.39, 0.29) is 12.1 Å². The third-order valence-corrected chi connectivity index (χ3v) is 7.09. The van der Waals surface area contributed by atoms with Crippen LogP contribution in [0, 0.1) is 11.3 Å². The van der Waals surface area contributed by atoms with E-state index in [2.05, 4.69) is 54.2 Å². The normalized spacial score (nSPS) is 12.6. The summed E-state index contributed by atoms with van der Waals surface area (Å²) in [5, 5.41) is 36.9. The molecule has 3 aromatic carbocycles. The molecule has 8 heteroatoms. The van der Waals surface area contributed by atoms with Crippen LogP contribution in [0.5, 0.6) is 11.5 Å². The molecule has 0 saturated heterocycles. The molecule has 0 aliphatic heterocycles. The first kappa shape index (κ1) is 35.4. The lowest BCUT2D eigenvalue weighted by Crippen LogP contribution is -2.46. The second-order valence-corrected chi connectivity index (χ2v) is 12.0. The van der Waals surface area contributed by atoms with Gasteiger partial charge in [-0.05, 0) is 62.1 Å². The van der Waals surface area contributed by atoms with Gasteiger partial charge >= 0.3 is 0 Å². The number of rotatable bonds is 16. The van der Waals surface area contributed by atoms with Crippen molar-refractivity contribution in [1.82, 2.24) is 15.6 Å². The Kier molecular flexibility index (Phi) is 14.1. The van der Waals surface area contributed by atoms with Crippen molar-refractivity contribution in [3.05, 3.63) is 108 Å². The van der Waals surface area contributed by atoms with E-state index in [4.69, 9.17) is 14.7 Å². The quantitative estimate of drug-likeness (QED) is 0.105. The van der Waals surface area contributed by atoms with Crippen LogP contribution >= 0.6 is 0 Å². The Bertz CT molecular complexity index is 1510. The molecule has 5 N–H and O–H groups in total. The number of hydrogen-bond donors (Lipinski definition) is 5. The van der Waals surface area contributed by atoms with Gasteiger partial charge in [0, 0.05) is 41.8 Å². The first-order chi connectivity index (χ1) is 21.6. The monoisotopic (exact) mass is 612 g/mol. The standard InChI is InChI=1S/C22H25N3O2.C15H23NO2/c1-22(2,11-17-13-24-20-9-5-4-8-19(17)20)25-14-18(26)15-27-21-10-6-3-7-16(21)12-23;1-4-7-13-8-5-6-9-15(13)18-11-14(17)10-16-12(2)3/h3-10,13,18,24-26H,11,14-15H2,1-2H3;4-6,8-9,12,14,16-17H,1,7,10-11H2,2-3H3. The Morgan fingerprint density at radius 1 is 0.889 bits per heavy atom. The van der Waals surface area contributed by atoms with Gasteiger partial charge in [0.1, 0.15) is 43.0 Å². The van der Waals surface area contributed by atoms with E-state index in [0.29, 0.717) is 37.1 Å². The van der Waals surface area contributed by atoms with Crippen LogP contribution in [0.25, 0.3) is 10.9 Å². The number of aromatic nitrogens is 1. The SMILES string of the molecule is C=CCc1ccccc1OCC(O)CNC(C)C.CC(C)(Cc1c[nH]c2ccccc12)NCC(O)COc1ccccc1C#N. The number of benzene rings is 3. The van der Waals surface area contributed by atoms with Crippen LogP contribution < -0.4 is 20.1 Å². The second-order valence-electron chi connectivity index (χ2n) is 12.0. The maximum Gasteiger partial charge on any atom is 0.137 e. The van der Waals surface area contributed by atoms with E-state index in [0.717, 1.165) is 29.7 Å². The van der Waals surface area contributed by atoms with Gasteiger partial charge in [-0.15, -0.1) is 6.58 Å². The number of ether oxygens (including phenoxy) is 2. The minimum absolute atomic E-state index is 0.134. The average Bonchev–Trinajstić information content (AvgIpc) is 3.44. The van der Waals surface area contributed by atoms with Gasteiger partial charge < -0.3 is 35.3 Å². The molecular formula is C37H48N4O4. The highest BCUT2D eigenvalue weighted by molar-refractivity contribution is 5.83. The van der Waals surface area contributed by atoms with E-state index in [1.165, 1.54) is 10.9 Å². The fourth-order valence-electron chi connectivity index (χ4n) is 4.73. The number of allylic oxidation sites excluding steroid dienone is 1. The molecule has 0 amide bonds. The molecule has 2 unspecified atom stereocenters. The number of nitrogens with zero attached hydrogens (tertiary/aromatic N) is 1. The maximum absolute atomic E-state index is 10.3. The van der Waals surface area contributed by atoms with Gasteiger partial charge in [-0.25, -0.2) is 0 Å². The molecule has 4 aromatic rings. The fourth-order valence-corrected chi connectivity index (χ4v) is 4.73. The summed E-state index contributed by atoms with van der Waals surface area (Å²) in [6, 6.07) is 25.6. The van der Waals surface area contributed by atoms with Crippen LogP contribution in [0.1, 0.15) is 44.4 Å². The Labute approximate surface area is 267 Å². The van der Waals surface area contributed by atoms with Gasteiger partial charge in [-0.2, -0.15) is 5.26 Å². The summed E-state index contributed by atoms with van der Waals surface area (Å²) in [6.45, 7) is 13.4. The van der Waals surface area contributed by atoms with Gasteiger partial charge in [0.05, 0.1) is 5.56 Å². The van der Waals surface area contributed by atoms with Crippen molar-refractivity contribution < 1.29 is 19.7 Å². The Morgan fingerprint density at radius 2 is 1.51 bits per heavy atom. The van der Waals surface area contributed by atoms with E-state index >= 15 is 0 Å². The zero-order chi connectivity index (χ0) is 32.7. The molecule has 1 aromatic heterocycles. The van der Waals surface area contributed by atoms with Crippen LogP contribution in [0.3, 0.4) is 0 Å². The number of H-pyrrole nitrogens is 1. The number of β-amino-alcohol motifs (C(OH)–C–C–N with tert-alkyl or cyclic N) is 1. The zero-order valence-electron chi connectivity index (χ0n) is 26.9. The number of hydrogen-bond acceptors (Lipinski definition) is 7. The predicted molar refractivity (Wildman–Crippen MR) is 182 cm³/mol. The number of para-hydroxylation sites is 3. The predicted octanol–water partition coefficient (Wildman–Crippen LogP) is 5.54. The molecule has 4 rings (SSSR count). The van der Waals surface area contributed by atoms with Crippen LogP contribution in [0.4, 0.5) is 0 Å². The lowest BCUT2D eigenvalue weighted by atomic mass is 9.94. The molecule has 0 aliphatic carbocycles. The van der Waals surface area contributed by atoms with Gasteiger partial charge in [-0.1, -0.05) is 68.5 Å². The summed E-state index contributed by atoms with van der Waals surface area (Å²) in [5.74, 6) is 1.32. The molecule has 240 valence electrons. The van der Waals surface area contributed by atoms with Gasteiger partial charge in [-0.3, -0.25) is 0 Å². The van der Waals surface area contributed by atoms with Gasteiger partial charge in [0.15, 0.2) is 0 Å². The van der Waals surface area contributed by atoms with Crippen molar-refractivity contribution in [3.8, 4) is 17.6 Å². The minimum atomic E-state index is -0.668. The molecule has 0 fully saturated rings. The summed E-state index contributed by atoms with van der Waals surface area (Å²) in [6.07, 6.45) is 4.34. The number of aliphatic hydroxyl groups excluding tert-OH is 2. The van der Waals surface area contributed by atoms with Crippen LogP contribution in [-0.2, 0) is 12.8 Å². The lowest BCUT2D eigenvalue weighted by molar-refractivity contribution is 0.0987. The summed E-state index contributed by atoms with van der Waals surface area (Å²) >= 11 is 0. The van der Waals surface area contributed by atoms with E-state index in [1.54, 1.807) is 18.2 Å². The second kappa shape index (κ2) is 18.0. The summed E-state index contributed by atoms with van der Waals surface area (Å²) in [5.41, 5.74) is 3.76. The van der Waals surface area contributed by atoms with Crippen molar-refractivity contribution in [3.63, 3.8) is 0 Å². The third-order valence-electron chi connectivity index (χ3n) is 7.09. The first-order valence-electron chi connectivity index (χ1n) is 15.4. The topological polar surface area (TPSA) is 123 Å². The van der Waals surface area contributed by atoms with Crippen LogP contribution in [-0.4, -0.2) is 65.3 Å². The number of nitrogens with one attached hydrogen (secondary N) is 3. The highest BCUT2D eigenvalue weighted by atomic mass is 16.5. The van der Waals surface area contributed by atoms with Crippen molar-refractivity contribution in [2.24, 2.45) is 0 Å². The van der Waals surface area contributed by atoms with Gasteiger partial charge in [0.25, 0.3) is 0 Å².